The molecule has 0 bridgehead atoms. The molecule has 0 aliphatic carbocycles. The highest BCUT2D eigenvalue weighted by molar-refractivity contribution is 6.30. The van der Waals surface area contributed by atoms with E-state index in [1.807, 2.05) is 19.1 Å². The first kappa shape index (κ1) is 14.5. The third kappa shape index (κ3) is 4.05. The smallest absolute Gasteiger partial charge is 0.166 e. The van der Waals surface area contributed by atoms with E-state index in [0.717, 1.165) is 31.1 Å². The molecule has 1 atom stereocenters. The number of likely N-dealkylation sites (tertiary alicyclic amines) is 1. The zero-order valence-corrected chi connectivity index (χ0v) is 12.5. The van der Waals surface area contributed by atoms with Gasteiger partial charge in [-0.25, -0.2) is 0 Å². The lowest BCUT2D eigenvalue weighted by atomic mass is 9.95. The number of carbonyl (C=O) groups excluding carboxylic acids is 1. The van der Waals surface area contributed by atoms with Gasteiger partial charge in [-0.1, -0.05) is 25.4 Å². The molecule has 0 saturated carbocycles. The van der Waals surface area contributed by atoms with Crippen molar-refractivity contribution in [3.63, 3.8) is 0 Å². The molecule has 0 amide bonds. The van der Waals surface area contributed by atoms with E-state index in [1.165, 1.54) is 12.8 Å². The van der Waals surface area contributed by atoms with Crippen molar-refractivity contribution in [3.05, 3.63) is 34.9 Å². The van der Waals surface area contributed by atoms with Crippen molar-refractivity contribution in [3.8, 4) is 0 Å². The van der Waals surface area contributed by atoms with Crippen LogP contribution in [-0.2, 0) is 0 Å². The van der Waals surface area contributed by atoms with Gasteiger partial charge in [-0.2, -0.15) is 0 Å². The zero-order chi connectivity index (χ0) is 13.8. The lowest BCUT2D eigenvalue weighted by molar-refractivity contribution is 0.0873. The minimum Gasteiger partial charge on any atom is -0.303 e. The average molecular weight is 280 g/mol. The van der Waals surface area contributed by atoms with E-state index in [9.17, 15) is 4.79 Å². The first-order valence-corrected chi connectivity index (χ1v) is 7.46. The highest BCUT2D eigenvalue weighted by Gasteiger charge is 2.21. The topological polar surface area (TPSA) is 20.3 Å². The fourth-order valence-electron chi connectivity index (χ4n) is 2.61. The van der Waals surface area contributed by atoms with Gasteiger partial charge >= 0.3 is 0 Å². The van der Waals surface area contributed by atoms with E-state index in [1.54, 1.807) is 12.1 Å². The Morgan fingerprint density at radius 1 is 1.32 bits per heavy atom. The molecular weight excluding hydrogens is 258 g/mol. The SMILES string of the molecule is CC1CCN(CC(C)C(=O)c2ccc(Cl)cc2)CC1. The van der Waals surface area contributed by atoms with Crippen LogP contribution in [-0.4, -0.2) is 30.3 Å². The normalized spacial score (nSPS) is 19.3. The molecule has 1 unspecified atom stereocenters. The van der Waals surface area contributed by atoms with Crippen LogP contribution in [0.5, 0.6) is 0 Å². The van der Waals surface area contributed by atoms with Gasteiger partial charge in [0.15, 0.2) is 5.78 Å². The number of nitrogens with zero attached hydrogens (tertiary/aromatic N) is 1. The predicted molar refractivity (Wildman–Crippen MR) is 79.8 cm³/mol. The second kappa shape index (κ2) is 6.53. The van der Waals surface area contributed by atoms with Crippen molar-refractivity contribution in [1.82, 2.24) is 4.90 Å². The quantitative estimate of drug-likeness (QED) is 0.780. The van der Waals surface area contributed by atoms with Crippen LogP contribution < -0.4 is 0 Å². The Kier molecular flexibility index (Phi) is 5.00. The third-order valence-corrected chi connectivity index (χ3v) is 4.24. The van der Waals surface area contributed by atoms with Gasteiger partial charge in [-0.05, 0) is 56.1 Å². The number of benzene rings is 1. The van der Waals surface area contributed by atoms with E-state index >= 15 is 0 Å². The van der Waals surface area contributed by atoms with Gasteiger partial charge < -0.3 is 4.90 Å². The van der Waals surface area contributed by atoms with Crippen LogP contribution in [0.2, 0.25) is 5.02 Å². The number of ketones is 1. The predicted octanol–water partition coefficient (Wildman–Crippen LogP) is 3.89. The summed E-state index contributed by atoms with van der Waals surface area (Å²) in [5.41, 5.74) is 0.766. The van der Waals surface area contributed by atoms with E-state index < -0.39 is 0 Å². The van der Waals surface area contributed by atoms with Crippen LogP contribution in [0.15, 0.2) is 24.3 Å². The maximum absolute atomic E-state index is 12.3. The lowest BCUT2D eigenvalue weighted by Crippen LogP contribution is -2.37. The van der Waals surface area contributed by atoms with Gasteiger partial charge in [-0.3, -0.25) is 4.79 Å². The van der Waals surface area contributed by atoms with E-state index in [4.69, 9.17) is 11.6 Å². The van der Waals surface area contributed by atoms with Gasteiger partial charge in [0.2, 0.25) is 0 Å². The highest BCUT2D eigenvalue weighted by Crippen LogP contribution is 2.19. The number of hydrogen-bond donors (Lipinski definition) is 0. The molecule has 1 saturated heterocycles. The summed E-state index contributed by atoms with van der Waals surface area (Å²) >= 11 is 5.85. The summed E-state index contributed by atoms with van der Waals surface area (Å²) in [4.78, 5) is 14.7. The summed E-state index contributed by atoms with van der Waals surface area (Å²) in [5, 5.41) is 0.675. The molecule has 1 aliphatic rings. The van der Waals surface area contributed by atoms with Gasteiger partial charge in [0.25, 0.3) is 0 Å². The van der Waals surface area contributed by atoms with Crippen molar-refractivity contribution in [2.75, 3.05) is 19.6 Å². The first-order valence-electron chi connectivity index (χ1n) is 7.08. The van der Waals surface area contributed by atoms with Crippen molar-refractivity contribution in [1.29, 1.82) is 0 Å². The number of carbonyl (C=O) groups is 1. The molecule has 1 fully saturated rings. The number of halogens is 1. The summed E-state index contributed by atoms with van der Waals surface area (Å²) in [5.74, 6) is 1.10. The van der Waals surface area contributed by atoms with Crippen LogP contribution in [0.1, 0.15) is 37.0 Å². The summed E-state index contributed by atoms with van der Waals surface area (Å²) in [7, 11) is 0. The minimum absolute atomic E-state index is 0.0505. The van der Waals surface area contributed by atoms with Crippen LogP contribution >= 0.6 is 11.6 Å². The summed E-state index contributed by atoms with van der Waals surface area (Å²) in [6.45, 7) is 7.45. The highest BCUT2D eigenvalue weighted by atomic mass is 35.5. The van der Waals surface area contributed by atoms with Gasteiger partial charge in [0.05, 0.1) is 0 Å². The fraction of sp³-hybridized carbons (Fsp3) is 0.562. The van der Waals surface area contributed by atoms with E-state index in [2.05, 4.69) is 11.8 Å². The number of Topliss-reactive ketones (excluding diaryl/α,β-unsaturated/α-hetero) is 1. The van der Waals surface area contributed by atoms with Crippen LogP contribution in [0.25, 0.3) is 0 Å². The molecule has 19 heavy (non-hydrogen) atoms. The van der Waals surface area contributed by atoms with Crippen molar-refractivity contribution < 1.29 is 4.79 Å². The zero-order valence-electron chi connectivity index (χ0n) is 11.7. The Bertz CT molecular complexity index is 421. The third-order valence-electron chi connectivity index (χ3n) is 3.98. The lowest BCUT2D eigenvalue weighted by Gasteiger charge is -2.31. The Hall–Kier alpha value is -0.860. The molecule has 2 rings (SSSR count). The van der Waals surface area contributed by atoms with Crippen LogP contribution in [0.3, 0.4) is 0 Å². The Balaban J connectivity index is 1.90. The van der Waals surface area contributed by atoms with Crippen LogP contribution in [0.4, 0.5) is 0 Å². The molecule has 0 spiro atoms. The van der Waals surface area contributed by atoms with Crippen LogP contribution in [0, 0.1) is 11.8 Å². The van der Waals surface area contributed by atoms with Crippen molar-refractivity contribution in [2.45, 2.75) is 26.7 Å². The number of rotatable bonds is 4. The second-order valence-corrected chi connectivity index (χ2v) is 6.19. The molecule has 0 aromatic heterocycles. The summed E-state index contributed by atoms with van der Waals surface area (Å²) in [6, 6.07) is 7.20. The number of piperidine rings is 1. The van der Waals surface area contributed by atoms with Crippen molar-refractivity contribution in [2.24, 2.45) is 11.8 Å². The minimum atomic E-state index is 0.0505. The summed E-state index contributed by atoms with van der Waals surface area (Å²) < 4.78 is 0. The Labute approximate surface area is 120 Å². The van der Waals surface area contributed by atoms with Gasteiger partial charge in [-0.15, -0.1) is 0 Å². The Morgan fingerprint density at radius 2 is 1.89 bits per heavy atom. The molecule has 2 nitrogen and oxygen atoms in total. The molecule has 1 aromatic rings. The molecule has 0 N–H and O–H groups in total. The molecular formula is C16H22ClNO. The van der Waals surface area contributed by atoms with Gasteiger partial charge in [0, 0.05) is 23.0 Å². The molecule has 0 radical (unpaired) electrons. The monoisotopic (exact) mass is 279 g/mol. The number of hydrogen-bond acceptors (Lipinski definition) is 2. The molecule has 1 aliphatic heterocycles. The largest absolute Gasteiger partial charge is 0.303 e. The van der Waals surface area contributed by atoms with E-state index in [-0.39, 0.29) is 11.7 Å². The maximum Gasteiger partial charge on any atom is 0.166 e. The molecule has 1 aromatic carbocycles. The van der Waals surface area contributed by atoms with Gasteiger partial charge in [0.1, 0.15) is 0 Å². The van der Waals surface area contributed by atoms with Crippen molar-refractivity contribution >= 4 is 17.4 Å². The first-order chi connectivity index (χ1) is 9.06. The molecule has 3 heteroatoms. The molecule has 104 valence electrons. The maximum atomic E-state index is 12.3. The second-order valence-electron chi connectivity index (χ2n) is 5.76. The molecule has 1 heterocycles. The van der Waals surface area contributed by atoms with E-state index in [0.29, 0.717) is 5.02 Å². The Morgan fingerprint density at radius 3 is 2.47 bits per heavy atom. The average Bonchev–Trinajstić information content (AvgIpc) is 2.41. The standard InChI is InChI=1S/C16H22ClNO/c1-12-7-9-18(10-8-12)11-13(2)16(19)14-3-5-15(17)6-4-14/h3-6,12-13H,7-11H2,1-2H3. The summed E-state index contributed by atoms with van der Waals surface area (Å²) in [6.07, 6.45) is 2.50. The fourth-order valence-corrected chi connectivity index (χ4v) is 2.74.